The van der Waals surface area contributed by atoms with Gasteiger partial charge in [-0.1, -0.05) is 65.3 Å². The maximum absolute atomic E-state index is 12.4. The number of carbonyl (C=O) groups is 1. The molecule has 4 aromatic rings. The number of hydrogen-bond donors (Lipinski definition) is 1. The van der Waals surface area contributed by atoms with Gasteiger partial charge in [0.15, 0.2) is 16.1 Å². The molecule has 1 amide bonds. The van der Waals surface area contributed by atoms with Gasteiger partial charge in [-0.3, -0.25) is 9.36 Å². The monoisotopic (exact) mass is 485 g/mol. The number of amides is 1. The average molecular weight is 486 g/mol. The summed E-state index contributed by atoms with van der Waals surface area (Å²) in [6.45, 7) is 0.156. The highest BCUT2D eigenvalue weighted by atomic mass is 35.5. The summed E-state index contributed by atoms with van der Waals surface area (Å²) in [7, 11) is 0. The number of rotatable bonds is 8. The van der Waals surface area contributed by atoms with Crippen LogP contribution in [-0.2, 0) is 11.4 Å². The van der Waals surface area contributed by atoms with E-state index in [1.807, 2.05) is 47.0 Å². The van der Waals surface area contributed by atoms with Gasteiger partial charge in [0.25, 0.3) is 0 Å². The van der Waals surface area contributed by atoms with Crippen molar-refractivity contribution in [2.24, 2.45) is 0 Å². The van der Waals surface area contributed by atoms with Crippen LogP contribution < -0.4 is 10.1 Å². The second-order valence-corrected chi connectivity index (χ2v) is 8.18. The highest BCUT2D eigenvalue weighted by Gasteiger charge is 2.17. The summed E-state index contributed by atoms with van der Waals surface area (Å²) in [5.41, 5.74) is 1.31. The molecule has 0 saturated heterocycles. The van der Waals surface area contributed by atoms with Crippen LogP contribution in [0.3, 0.4) is 0 Å². The van der Waals surface area contributed by atoms with E-state index in [9.17, 15) is 4.79 Å². The smallest absolute Gasteiger partial charge is 0.234 e. The van der Waals surface area contributed by atoms with Crippen LogP contribution in [0.5, 0.6) is 5.75 Å². The van der Waals surface area contributed by atoms with Gasteiger partial charge in [-0.25, -0.2) is 4.98 Å². The summed E-state index contributed by atoms with van der Waals surface area (Å²) in [4.78, 5) is 16.4. The van der Waals surface area contributed by atoms with E-state index in [0.29, 0.717) is 27.4 Å². The Morgan fingerprint density at radius 3 is 2.56 bits per heavy atom. The second kappa shape index (κ2) is 10.5. The molecule has 2 heterocycles. The Morgan fingerprint density at radius 1 is 1.00 bits per heavy atom. The molecule has 0 saturated carbocycles. The van der Waals surface area contributed by atoms with Crippen molar-refractivity contribution in [1.82, 2.24) is 19.7 Å². The van der Waals surface area contributed by atoms with Gasteiger partial charge in [0.2, 0.25) is 5.91 Å². The van der Waals surface area contributed by atoms with Gasteiger partial charge in [0, 0.05) is 11.9 Å². The van der Waals surface area contributed by atoms with E-state index in [-0.39, 0.29) is 23.4 Å². The third-order valence-electron chi connectivity index (χ3n) is 4.27. The number of ether oxygens (including phenoxy) is 1. The third-order valence-corrected chi connectivity index (χ3v) is 5.82. The summed E-state index contributed by atoms with van der Waals surface area (Å²) in [6.07, 6.45) is 1.56. The summed E-state index contributed by atoms with van der Waals surface area (Å²) in [5.74, 6) is 1.01. The van der Waals surface area contributed by atoms with Gasteiger partial charge in [-0.15, -0.1) is 10.2 Å². The fourth-order valence-electron chi connectivity index (χ4n) is 2.82. The van der Waals surface area contributed by atoms with E-state index in [2.05, 4.69) is 20.5 Å². The quantitative estimate of drug-likeness (QED) is 0.270. The molecule has 10 heteroatoms. The summed E-state index contributed by atoms with van der Waals surface area (Å²) in [5, 5.41) is 12.6. The Balaban J connectivity index is 1.51. The SMILES string of the molecule is O=C(CSc1nnc(COc2ccccc2Cl)n1-c1ccccc1)Nc1cccnc1Cl. The number of anilines is 1. The number of nitrogens with one attached hydrogen (secondary N) is 1. The van der Waals surface area contributed by atoms with E-state index >= 15 is 0 Å². The fourth-order valence-corrected chi connectivity index (χ4v) is 3.95. The van der Waals surface area contributed by atoms with E-state index in [4.69, 9.17) is 27.9 Å². The van der Waals surface area contributed by atoms with Crippen LogP contribution in [0, 0.1) is 0 Å². The molecular weight excluding hydrogens is 469 g/mol. The Morgan fingerprint density at radius 2 is 1.78 bits per heavy atom. The van der Waals surface area contributed by atoms with Crippen molar-refractivity contribution in [2.45, 2.75) is 11.8 Å². The molecule has 162 valence electrons. The molecule has 0 unspecified atom stereocenters. The molecule has 1 N–H and O–H groups in total. The van der Waals surface area contributed by atoms with Crippen LogP contribution in [0.25, 0.3) is 5.69 Å². The molecule has 0 atom stereocenters. The molecule has 0 radical (unpaired) electrons. The molecule has 4 rings (SSSR count). The van der Waals surface area contributed by atoms with E-state index in [1.165, 1.54) is 11.8 Å². The van der Waals surface area contributed by atoms with Crippen molar-refractivity contribution in [1.29, 1.82) is 0 Å². The molecular formula is C22H17Cl2N5O2S. The molecule has 0 bridgehead atoms. The van der Waals surface area contributed by atoms with Crippen molar-refractivity contribution < 1.29 is 9.53 Å². The fraction of sp³-hybridized carbons (Fsp3) is 0.0909. The molecule has 0 aliphatic heterocycles. The number of pyridine rings is 1. The molecule has 0 spiro atoms. The van der Waals surface area contributed by atoms with Gasteiger partial charge in [-0.05, 0) is 36.4 Å². The normalized spacial score (nSPS) is 10.7. The zero-order valence-electron chi connectivity index (χ0n) is 16.6. The zero-order chi connectivity index (χ0) is 22.3. The Labute approximate surface area is 198 Å². The molecule has 0 fully saturated rings. The molecule has 7 nitrogen and oxygen atoms in total. The second-order valence-electron chi connectivity index (χ2n) is 6.47. The lowest BCUT2D eigenvalue weighted by Crippen LogP contribution is -2.15. The molecule has 2 aromatic heterocycles. The lowest BCUT2D eigenvalue weighted by atomic mass is 10.3. The number of carbonyl (C=O) groups excluding carboxylic acids is 1. The lowest BCUT2D eigenvalue weighted by Gasteiger charge is -2.12. The maximum Gasteiger partial charge on any atom is 0.234 e. The molecule has 32 heavy (non-hydrogen) atoms. The Bertz CT molecular complexity index is 1220. The number of thioether (sulfide) groups is 1. The third kappa shape index (κ3) is 5.40. The lowest BCUT2D eigenvalue weighted by molar-refractivity contribution is -0.113. The van der Waals surface area contributed by atoms with Crippen LogP contribution in [0.15, 0.2) is 78.1 Å². The first-order chi connectivity index (χ1) is 15.6. The summed E-state index contributed by atoms with van der Waals surface area (Å²) in [6, 6.07) is 20.2. The Hall–Kier alpha value is -3.07. The zero-order valence-corrected chi connectivity index (χ0v) is 18.9. The molecule has 2 aromatic carbocycles. The van der Waals surface area contributed by atoms with Crippen molar-refractivity contribution in [3.8, 4) is 11.4 Å². The van der Waals surface area contributed by atoms with Gasteiger partial charge < -0.3 is 10.1 Å². The van der Waals surface area contributed by atoms with Crippen LogP contribution >= 0.6 is 35.0 Å². The van der Waals surface area contributed by atoms with E-state index < -0.39 is 0 Å². The Kier molecular flexibility index (Phi) is 7.26. The van der Waals surface area contributed by atoms with Crippen molar-refractivity contribution in [3.05, 3.63) is 88.9 Å². The van der Waals surface area contributed by atoms with E-state index in [0.717, 1.165) is 5.69 Å². The first-order valence-corrected chi connectivity index (χ1v) is 11.3. The van der Waals surface area contributed by atoms with Gasteiger partial charge in [0.1, 0.15) is 12.4 Å². The summed E-state index contributed by atoms with van der Waals surface area (Å²) >= 11 is 13.4. The first-order valence-electron chi connectivity index (χ1n) is 9.52. The van der Waals surface area contributed by atoms with Gasteiger partial charge in [-0.2, -0.15) is 0 Å². The highest BCUT2D eigenvalue weighted by molar-refractivity contribution is 7.99. The topological polar surface area (TPSA) is 81.9 Å². The predicted octanol–water partition coefficient (Wildman–Crippen LogP) is 5.28. The number of halogens is 2. The number of benzene rings is 2. The van der Waals surface area contributed by atoms with Crippen molar-refractivity contribution in [2.75, 3.05) is 11.1 Å². The minimum Gasteiger partial charge on any atom is -0.484 e. The van der Waals surface area contributed by atoms with Crippen LogP contribution in [-0.4, -0.2) is 31.4 Å². The standard InChI is InChI=1S/C22H17Cl2N5O2S/c23-16-9-4-5-11-18(16)31-13-19-27-28-22(29(19)15-7-2-1-3-8-15)32-14-20(30)26-17-10-6-12-25-21(17)24/h1-12H,13-14H2,(H,26,30). The number of aromatic nitrogens is 4. The largest absolute Gasteiger partial charge is 0.484 e. The summed E-state index contributed by atoms with van der Waals surface area (Å²) < 4.78 is 7.70. The van der Waals surface area contributed by atoms with Crippen molar-refractivity contribution >= 4 is 46.6 Å². The maximum atomic E-state index is 12.4. The van der Waals surface area contributed by atoms with Crippen LogP contribution in [0.2, 0.25) is 10.2 Å². The highest BCUT2D eigenvalue weighted by Crippen LogP contribution is 2.26. The van der Waals surface area contributed by atoms with Crippen molar-refractivity contribution in [3.63, 3.8) is 0 Å². The molecule has 0 aliphatic carbocycles. The molecule has 0 aliphatic rings. The minimum atomic E-state index is -0.235. The number of hydrogen-bond acceptors (Lipinski definition) is 6. The number of nitrogens with zero attached hydrogens (tertiary/aromatic N) is 4. The average Bonchev–Trinajstić information content (AvgIpc) is 3.22. The van der Waals surface area contributed by atoms with E-state index in [1.54, 1.807) is 30.5 Å². The van der Waals surface area contributed by atoms with Crippen LogP contribution in [0.1, 0.15) is 5.82 Å². The van der Waals surface area contributed by atoms with Gasteiger partial charge in [0.05, 0.1) is 16.5 Å². The number of para-hydroxylation sites is 2. The predicted molar refractivity (Wildman–Crippen MR) is 126 cm³/mol. The first kappa shape index (κ1) is 22.1. The minimum absolute atomic E-state index is 0.113. The van der Waals surface area contributed by atoms with Crippen LogP contribution in [0.4, 0.5) is 5.69 Å². The van der Waals surface area contributed by atoms with Gasteiger partial charge >= 0.3 is 0 Å².